The van der Waals surface area contributed by atoms with Gasteiger partial charge in [-0.1, -0.05) is 13.0 Å². The van der Waals surface area contributed by atoms with Crippen LogP contribution in [0.4, 0.5) is 0 Å². The van der Waals surface area contributed by atoms with Crippen molar-refractivity contribution in [3.05, 3.63) is 27.3 Å². The highest BCUT2D eigenvalue weighted by Gasteiger charge is 2.13. The number of rotatable bonds is 4. The van der Waals surface area contributed by atoms with E-state index in [-0.39, 0.29) is 5.97 Å². The third-order valence-electron chi connectivity index (χ3n) is 1.76. The Morgan fingerprint density at radius 2 is 2.20 bits per heavy atom. The normalized spacial score (nSPS) is 10.1. The summed E-state index contributed by atoms with van der Waals surface area (Å²) in [6, 6.07) is 5.73. The highest BCUT2D eigenvalue weighted by atomic mass is 127. The van der Waals surface area contributed by atoms with Gasteiger partial charge in [0.1, 0.15) is 0 Å². The first-order valence-electron chi connectivity index (χ1n) is 4.79. The Morgan fingerprint density at radius 3 is 2.80 bits per heavy atom. The monoisotopic (exact) mass is 336 g/mol. The lowest BCUT2D eigenvalue weighted by Crippen LogP contribution is -2.07. The average Bonchev–Trinajstić information content (AvgIpc) is 2.22. The van der Waals surface area contributed by atoms with Crippen LogP contribution < -0.4 is 0 Å². The molecule has 0 radical (unpaired) electrons. The molecule has 0 N–H and O–H groups in total. The highest BCUT2D eigenvalue weighted by molar-refractivity contribution is 14.1. The molecule has 0 atom stereocenters. The molecular weight excluding hydrogens is 323 g/mol. The molecule has 1 aromatic carbocycles. The van der Waals surface area contributed by atoms with Crippen molar-refractivity contribution >= 4 is 40.3 Å². The van der Waals surface area contributed by atoms with Crippen molar-refractivity contribution in [1.29, 1.82) is 0 Å². The summed E-state index contributed by atoms with van der Waals surface area (Å²) in [5.74, 6) is 0.767. The van der Waals surface area contributed by atoms with E-state index in [1.54, 1.807) is 17.8 Å². The minimum absolute atomic E-state index is 0.236. The van der Waals surface area contributed by atoms with Crippen LogP contribution in [0.15, 0.2) is 23.1 Å². The number of halogens is 1. The van der Waals surface area contributed by atoms with Crippen molar-refractivity contribution in [1.82, 2.24) is 0 Å². The van der Waals surface area contributed by atoms with Crippen LogP contribution in [0.3, 0.4) is 0 Å². The first kappa shape index (κ1) is 12.8. The Hall–Kier alpha value is -0.230. The maximum absolute atomic E-state index is 11.6. The van der Waals surface area contributed by atoms with Gasteiger partial charge in [-0.25, -0.2) is 4.79 Å². The van der Waals surface area contributed by atoms with E-state index in [2.05, 4.69) is 29.5 Å². The maximum Gasteiger partial charge on any atom is 0.339 e. The van der Waals surface area contributed by atoms with Gasteiger partial charge in [-0.2, -0.15) is 0 Å². The zero-order valence-electron chi connectivity index (χ0n) is 8.75. The van der Waals surface area contributed by atoms with Crippen LogP contribution in [0.1, 0.15) is 24.2 Å². The number of thioether (sulfide) groups is 1. The van der Waals surface area contributed by atoms with Crippen LogP contribution in [-0.4, -0.2) is 18.3 Å². The number of carbonyl (C=O) groups excluding carboxylic acids is 1. The van der Waals surface area contributed by atoms with Crippen LogP contribution in [-0.2, 0) is 4.74 Å². The lowest BCUT2D eigenvalue weighted by atomic mass is 10.2. The second kappa shape index (κ2) is 6.37. The second-order valence-corrected chi connectivity index (χ2v) is 5.16. The fraction of sp³-hybridized carbons (Fsp3) is 0.364. The van der Waals surface area contributed by atoms with Crippen LogP contribution in [0.2, 0.25) is 0 Å². The van der Waals surface area contributed by atoms with Crippen molar-refractivity contribution in [2.24, 2.45) is 0 Å². The molecule has 15 heavy (non-hydrogen) atoms. The third kappa shape index (κ3) is 3.38. The van der Waals surface area contributed by atoms with Crippen LogP contribution >= 0.6 is 34.4 Å². The van der Waals surface area contributed by atoms with E-state index in [0.29, 0.717) is 12.2 Å². The molecule has 0 aliphatic carbocycles. The molecular formula is C11H13IO2S. The van der Waals surface area contributed by atoms with Gasteiger partial charge in [0.2, 0.25) is 0 Å². The summed E-state index contributed by atoms with van der Waals surface area (Å²) in [6.45, 7) is 4.33. The number of hydrogen-bond donors (Lipinski definition) is 0. The number of benzene rings is 1. The quantitative estimate of drug-likeness (QED) is 0.478. The maximum atomic E-state index is 11.6. The molecule has 0 unspecified atom stereocenters. The molecule has 0 amide bonds. The second-order valence-electron chi connectivity index (χ2n) is 2.77. The molecule has 1 rings (SSSR count). The van der Waals surface area contributed by atoms with Crippen LogP contribution in [0.25, 0.3) is 0 Å². The summed E-state index contributed by atoms with van der Waals surface area (Å²) in [5.41, 5.74) is 0.663. The molecule has 0 spiro atoms. The summed E-state index contributed by atoms with van der Waals surface area (Å²) in [7, 11) is 0. The topological polar surface area (TPSA) is 26.3 Å². The summed E-state index contributed by atoms with van der Waals surface area (Å²) in [6.07, 6.45) is 0. The molecule has 4 heteroatoms. The molecule has 0 saturated carbocycles. The number of hydrogen-bond acceptors (Lipinski definition) is 3. The molecule has 0 aliphatic heterocycles. The summed E-state index contributed by atoms with van der Waals surface area (Å²) in [5, 5.41) is 0. The number of esters is 1. The Balaban J connectivity index is 2.98. The van der Waals surface area contributed by atoms with Crippen LogP contribution in [0.5, 0.6) is 0 Å². The van der Waals surface area contributed by atoms with Gasteiger partial charge < -0.3 is 4.74 Å². The zero-order valence-corrected chi connectivity index (χ0v) is 11.7. The first-order valence-corrected chi connectivity index (χ1v) is 6.85. The van der Waals surface area contributed by atoms with E-state index in [1.165, 1.54) is 0 Å². The van der Waals surface area contributed by atoms with E-state index in [1.807, 2.05) is 19.1 Å². The van der Waals surface area contributed by atoms with Gasteiger partial charge in [0.25, 0.3) is 0 Å². The number of carbonyl (C=O) groups is 1. The molecule has 2 nitrogen and oxygen atoms in total. The van der Waals surface area contributed by atoms with Crippen molar-refractivity contribution in [3.63, 3.8) is 0 Å². The predicted molar refractivity (Wildman–Crippen MR) is 71.5 cm³/mol. The Kier molecular flexibility index (Phi) is 5.45. The fourth-order valence-electron chi connectivity index (χ4n) is 1.14. The fourth-order valence-corrected chi connectivity index (χ4v) is 2.91. The molecule has 0 heterocycles. The van der Waals surface area contributed by atoms with Gasteiger partial charge in [0.15, 0.2) is 0 Å². The Morgan fingerprint density at radius 1 is 1.47 bits per heavy atom. The summed E-state index contributed by atoms with van der Waals surface area (Å²) < 4.78 is 5.98. The van der Waals surface area contributed by atoms with Gasteiger partial charge in [0, 0.05) is 8.47 Å². The van der Waals surface area contributed by atoms with Crippen molar-refractivity contribution < 1.29 is 9.53 Å². The van der Waals surface area contributed by atoms with E-state index in [0.717, 1.165) is 14.2 Å². The Labute approximate surface area is 108 Å². The Bertz CT molecular complexity index is 352. The minimum Gasteiger partial charge on any atom is -0.462 e. The molecule has 0 bridgehead atoms. The van der Waals surface area contributed by atoms with Gasteiger partial charge in [-0.15, -0.1) is 11.8 Å². The van der Waals surface area contributed by atoms with Crippen molar-refractivity contribution in [2.45, 2.75) is 18.7 Å². The van der Waals surface area contributed by atoms with E-state index in [9.17, 15) is 4.79 Å². The van der Waals surface area contributed by atoms with Gasteiger partial charge in [-0.05, 0) is 47.4 Å². The molecule has 1 aromatic rings. The van der Waals surface area contributed by atoms with E-state index >= 15 is 0 Å². The SMILES string of the molecule is CCOC(=O)c1cccc(SCC)c1I. The molecule has 0 fully saturated rings. The van der Waals surface area contributed by atoms with Crippen molar-refractivity contribution in [2.75, 3.05) is 12.4 Å². The molecule has 0 aromatic heterocycles. The number of ether oxygens (including phenoxy) is 1. The van der Waals surface area contributed by atoms with Gasteiger partial charge in [-0.3, -0.25) is 0 Å². The summed E-state index contributed by atoms with van der Waals surface area (Å²) >= 11 is 3.93. The average molecular weight is 336 g/mol. The van der Waals surface area contributed by atoms with E-state index < -0.39 is 0 Å². The lowest BCUT2D eigenvalue weighted by Gasteiger charge is -2.07. The highest BCUT2D eigenvalue weighted by Crippen LogP contribution is 2.27. The lowest BCUT2D eigenvalue weighted by molar-refractivity contribution is 0.0524. The van der Waals surface area contributed by atoms with Crippen LogP contribution in [0, 0.1) is 3.57 Å². The van der Waals surface area contributed by atoms with Gasteiger partial charge >= 0.3 is 5.97 Å². The first-order chi connectivity index (χ1) is 7.20. The molecule has 0 aliphatic rings. The zero-order chi connectivity index (χ0) is 11.3. The standard InChI is InChI=1S/C11H13IO2S/c1-3-14-11(13)8-6-5-7-9(10(8)12)15-4-2/h5-7H,3-4H2,1-2H3. The predicted octanol–water partition coefficient (Wildman–Crippen LogP) is 3.58. The molecule has 82 valence electrons. The van der Waals surface area contributed by atoms with Gasteiger partial charge in [0.05, 0.1) is 12.2 Å². The smallest absolute Gasteiger partial charge is 0.339 e. The van der Waals surface area contributed by atoms with Crippen molar-refractivity contribution in [3.8, 4) is 0 Å². The van der Waals surface area contributed by atoms with E-state index in [4.69, 9.17) is 4.74 Å². The summed E-state index contributed by atoms with van der Waals surface area (Å²) in [4.78, 5) is 12.7. The molecule has 0 saturated heterocycles. The third-order valence-corrected chi connectivity index (χ3v) is 4.23. The minimum atomic E-state index is -0.236. The largest absolute Gasteiger partial charge is 0.462 e.